The number of nitrogens with one attached hydrogen (secondary N) is 1. The highest BCUT2D eigenvalue weighted by molar-refractivity contribution is 8.77. The number of hydrogen-bond donors (Lipinski definition) is 4. The van der Waals surface area contributed by atoms with Crippen LogP contribution in [0.4, 0.5) is 19.3 Å². The van der Waals surface area contributed by atoms with Gasteiger partial charge in [-0.2, -0.15) is 10.2 Å². The molecule has 2 aliphatic heterocycles. The lowest BCUT2D eigenvalue weighted by atomic mass is 9.83. The summed E-state index contributed by atoms with van der Waals surface area (Å²) in [4.78, 5) is 42.2. The second-order valence-corrected chi connectivity index (χ2v) is 25.0. The summed E-state index contributed by atoms with van der Waals surface area (Å²) in [6.07, 6.45) is 1.76. The number of hydrogen-bond acceptors (Lipinski definition) is 17. The topological polar surface area (TPSA) is 208 Å². The fourth-order valence-electron chi connectivity index (χ4n) is 10.4. The fourth-order valence-corrected chi connectivity index (χ4v) is 12.7. The van der Waals surface area contributed by atoms with Crippen molar-refractivity contribution in [1.82, 2.24) is 58.9 Å². The smallest absolute Gasteiger partial charge is 0.411 e. The molecule has 3 aromatic heterocycles. The van der Waals surface area contributed by atoms with Crippen LogP contribution >= 0.6 is 21.6 Å². The molecular formula is C59H67F2N13O6S2. The second kappa shape index (κ2) is 24.5. The number of rotatable bonds is 20. The van der Waals surface area contributed by atoms with Gasteiger partial charge in [0.1, 0.15) is 48.6 Å². The van der Waals surface area contributed by atoms with Crippen molar-refractivity contribution in [1.29, 1.82) is 0 Å². The lowest BCUT2D eigenvalue weighted by Gasteiger charge is -2.36. The quantitative estimate of drug-likeness (QED) is 0.0524. The van der Waals surface area contributed by atoms with Gasteiger partial charge in [0.15, 0.2) is 5.82 Å². The average Bonchev–Trinajstić information content (AvgIpc) is 4.21. The van der Waals surface area contributed by atoms with E-state index in [-0.39, 0.29) is 59.2 Å². The van der Waals surface area contributed by atoms with Gasteiger partial charge in [-0.1, -0.05) is 76.9 Å². The van der Waals surface area contributed by atoms with Crippen LogP contribution < -0.4 is 10.9 Å². The molecule has 0 bridgehead atoms. The van der Waals surface area contributed by atoms with Gasteiger partial charge in [-0.05, 0) is 124 Å². The number of carbonyl (C=O) groups excluding carboxylic acids is 1. The van der Waals surface area contributed by atoms with Crippen molar-refractivity contribution < 1.29 is 33.6 Å². The zero-order chi connectivity index (χ0) is 58.0. The molecule has 4 N–H and O–H groups in total. The van der Waals surface area contributed by atoms with Crippen LogP contribution in [0.3, 0.4) is 0 Å². The lowest BCUT2D eigenvalue weighted by Crippen LogP contribution is -2.46. The molecule has 23 heteroatoms. The number of ether oxygens (including phenoxy) is 1. The van der Waals surface area contributed by atoms with Crippen LogP contribution in [0, 0.1) is 11.6 Å². The third-order valence-corrected chi connectivity index (χ3v) is 18.4. The van der Waals surface area contributed by atoms with Gasteiger partial charge in [0.05, 0.1) is 34.3 Å². The number of phenolic OH excluding ortho intramolecular Hbond substituents is 2. The van der Waals surface area contributed by atoms with Crippen molar-refractivity contribution in [3.8, 4) is 34.6 Å². The Morgan fingerprint density at radius 3 is 2.26 bits per heavy atom. The Labute approximate surface area is 481 Å². The zero-order valence-corrected chi connectivity index (χ0v) is 48.5. The summed E-state index contributed by atoms with van der Waals surface area (Å²) in [6, 6.07) is 26.3. The van der Waals surface area contributed by atoms with Crippen molar-refractivity contribution in [3.63, 3.8) is 0 Å². The molecule has 0 radical (unpaired) electrons. The minimum absolute atomic E-state index is 0.000859. The van der Waals surface area contributed by atoms with Crippen LogP contribution in [-0.2, 0) is 31.6 Å². The number of likely N-dealkylation sites (N-methyl/N-ethyl adjacent to an activating group) is 1. The van der Waals surface area contributed by atoms with Crippen molar-refractivity contribution in [2.45, 2.75) is 81.5 Å². The molecule has 82 heavy (non-hydrogen) atoms. The monoisotopic (exact) mass is 1160 g/mol. The molecule has 0 aliphatic carbocycles. The number of piperazine rings is 1. The Morgan fingerprint density at radius 1 is 0.866 bits per heavy atom. The second-order valence-electron chi connectivity index (χ2n) is 22.1. The van der Waals surface area contributed by atoms with Crippen LogP contribution in [0.15, 0.2) is 113 Å². The van der Waals surface area contributed by atoms with Gasteiger partial charge in [0.25, 0.3) is 5.56 Å². The number of phenols is 2. The minimum atomic E-state index is -0.657. The molecule has 0 saturated carbocycles. The van der Waals surface area contributed by atoms with E-state index in [1.807, 2.05) is 92.2 Å². The predicted molar refractivity (Wildman–Crippen MR) is 313 cm³/mol. The Kier molecular flexibility index (Phi) is 17.2. The Hall–Kier alpha value is -7.57. The molecule has 0 spiro atoms. The van der Waals surface area contributed by atoms with Crippen LogP contribution in [0.1, 0.15) is 85.8 Å². The van der Waals surface area contributed by atoms with E-state index < -0.39 is 35.2 Å². The Morgan fingerprint density at radius 2 is 1.57 bits per heavy atom. The van der Waals surface area contributed by atoms with Crippen molar-refractivity contribution in [3.05, 3.63) is 159 Å². The summed E-state index contributed by atoms with van der Waals surface area (Å²) in [5.74, 6) is -1.10. The van der Waals surface area contributed by atoms with Gasteiger partial charge in [0, 0.05) is 79.6 Å². The maximum Gasteiger partial charge on any atom is 0.411 e. The third kappa shape index (κ3) is 12.9. The largest absolute Gasteiger partial charge is 0.508 e. The first kappa shape index (κ1) is 57.7. The number of benzene rings is 5. The Bertz CT molecular complexity index is 3630. The SMILES string of the molecule is CC(C)c1cc(-c2nnc(O)n2-c2ccc(CN3CCN(CCC(C)(C)SSc4ccc(COC(=O)N(CCN(C)C)Cn5nc6c7c(cc(F)cc7c5=O)N[C@H](c5ccc(F)cc5)[C@H]6c5ncnn5C)cc4)CC3)cc2)c(O)cc1O. The highest BCUT2D eigenvalue weighted by Crippen LogP contribution is 2.47. The predicted octanol–water partition coefficient (Wildman–Crippen LogP) is 9.47. The van der Waals surface area contributed by atoms with Crippen LogP contribution in [0.25, 0.3) is 27.8 Å². The molecular weight excluding hydrogens is 1090 g/mol. The third-order valence-electron chi connectivity index (χ3n) is 15.0. The van der Waals surface area contributed by atoms with E-state index >= 15 is 4.39 Å². The number of nitrogens with zero attached hydrogens (tertiary/aromatic N) is 12. The molecule has 19 nitrogen and oxygen atoms in total. The minimum Gasteiger partial charge on any atom is -0.508 e. The highest BCUT2D eigenvalue weighted by Gasteiger charge is 2.39. The lowest BCUT2D eigenvalue weighted by molar-refractivity contribution is 0.0797. The van der Waals surface area contributed by atoms with Crippen LogP contribution in [0.5, 0.6) is 17.5 Å². The first-order valence-corrected chi connectivity index (χ1v) is 29.3. The standard InChI is InChI=1S/C59H67F2N13O6S2/c1-36(2)44-30-45(49(76)31-48(44)75)54-65-66-57(78)74(54)42-16-8-37(9-17-42)32-71-25-23-70(24-26-71)21-20-59(3,4)82-81-43-18-10-38(11-19-43)33-80-58(79)72(27-22-68(5)6)35-73-56(77)46-28-41(61)29-47-50(46)53(67-73)51(55-62-34-63-69(55)7)52(64-47)39-12-14-40(60)15-13-39/h8-19,28-31,34,36,51-52,64,75-76H,20-27,32-33,35H2,1-7H3,(H,66,78)/t51-,52-/m1/s1. The molecule has 0 unspecified atom stereocenters. The first-order valence-electron chi connectivity index (χ1n) is 27.1. The van der Waals surface area contributed by atoms with Gasteiger partial charge < -0.3 is 35.2 Å². The first-order chi connectivity index (χ1) is 39.3. The van der Waals surface area contributed by atoms with E-state index in [4.69, 9.17) is 9.84 Å². The number of aryl methyl sites for hydroxylation is 1. The van der Waals surface area contributed by atoms with E-state index in [2.05, 4.69) is 49.2 Å². The summed E-state index contributed by atoms with van der Waals surface area (Å²) in [7, 11) is 9.04. The molecule has 1 saturated heterocycles. The number of aromatic hydroxyl groups is 3. The number of amides is 1. The molecule has 10 rings (SSSR count). The van der Waals surface area contributed by atoms with E-state index in [1.165, 1.54) is 50.8 Å². The van der Waals surface area contributed by atoms with Crippen molar-refractivity contribution in [2.24, 2.45) is 7.05 Å². The van der Waals surface area contributed by atoms with E-state index in [1.54, 1.807) is 40.7 Å². The molecule has 1 amide bonds. The maximum atomic E-state index is 15.4. The van der Waals surface area contributed by atoms with Crippen molar-refractivity contribution in [2.75, 3.05) is 65.2 Å². The van der Waals surface area contributed by atoms with Gasteiger partial charge >= 0.3 is 12.1 Å². The maximum absolute atomic E-state index is 15.4. The number of halogens is 2. The molecule has 2 atom stereocenters. The molecule has 1 fully saturated rings. The molecule has 2 aliphatic rings. The normalized spacial score (nSPS) is 15.8. The zero-order valence-electron chi connectivity index (χ0n) is 46.8. The Balaban J connectivity index is 0.719. The number of aromatic nitrogens is 8. The van der Waals surface area contributed by atoms with Gasteiger partial charge in [-0.15, -0.1) is 5.10 Å². The summed E-state index contributed by atoms with van der Waals surface area (Å²) in [5.41, 5.74) is 4.44. The summed E-state index contributed by atoms with van der Waals surface area (Å²) < 4.78 is 39.7. The number of carbonyl (C=O) groups is 1. The van der Waals surface area contributed by atoms with Crippen LogP contribution in [-0.4, -0.2) is 145 Å². The van der Waals surface area contributed by atoms with E-state index in [0.29, 0.717) is 51.5 Å². The molecule has 430 valence electrons. The van der Waals surface area contributed by atoms with E-state index in [0.717, 1.165) is 61.7 Å². The van der Waals surface area contributed by atoms with Gasteiger partial charge in [0.2, 0.25) is 0 Å². The molecule has 5 heterocycles. The fraction of sp³-hybridized carbons (Fsp3) is 0.373. The highest BCUT2D eigenvalue weighted by atomic mass is 33.1. The van der Waals surface area contributed by atoms with E-state index in [9.17, 15) is 29.3 Å². The summed E-state index contributed by atoms with van der Waals surface area (Å²) in [6.45, 7) is 14.3. The van der Waals surface area contributed by atoms with Gasteiger partial charge in [-0.25, -0.2) is 27.8 Å². The summed E-state index contributed by atoms with van der Waals surface area (Å²) in [5, 5.41) is 53.0. The van der Waals surface area contributed by atoms with Crippen LogP contribution in [0.2, 0.25) is 0 Å². The molecule has 8 aromatic rings. The van der Waals surface area contributed by atoms with Gasteiger partial charge in [-0.3, -0.25) is 19.3 Å². The van der Waals surface area contributed by atoms with Crippen molar-refractivity contribution >= 4 is 44.1 Å². The number of anilines is 1. The average molecular weight is 1160 g/mol. The summed E-state index contributed by atoms with van der Waals surface area (Å²) >= 11 is 0. The molecule has 5 aromatic carbocycles.